The minimum absolute atomic E-state index is 0.0661. The van der Waals surface area contributed by atoms with Gasteiger partial charge in [-0.25, -0.2) is 0 Å². The molecular formula is C20H21N3O3S. The van der Waals surface area contributed by atoms with Crippen molar-refractivity contribution >= 4 is 40.9 Å². The lowest BCUT2D eigenvalue weighted by Gasteiger charge is -2.26. The van der Waals surface area contributed by atoms with Gasteiger partial charge in [-0.3, -0.25) is 14.4 Å². The van der Waals surface area contributed by atoms with E-state index in [1.54, 1.807) is 30.0 Å². The molecule has 1 aliphatic rings. The van der Waals surface area contributed by atoms with Crippen molar-refractivity contribution in [2.75, 3.05) is 16.4 Å². The average Bonchev–Trinajstić information content (AvgIpc) is 2.60. The molecule has 1 atom stereocenters. The number of nitrogens with one attached hydrogen (secondary N) is 3. The van der Waals surface area contributed by atoms with Crippen LogP contribution in [0.2, 0.25) is 0 Å². The quantitative estimate of drug-likeness (QED) is 0.753. The van der Waals surface area contributed by atoms with E-state index >= 15 is 0 Å². The average molecular weight is 383 g/mol. The summed E-state index contributed by atoms with van der Waals surface area (Å²) in [5, 5.41) is 8.39. The number of fused-ring (bicyclic) bond motifs is 1. The Labute approximate surface area is 162 Å². The number of rotatable bonds is 4. The van der Waals surface area contributed by atoms with E-state index in [2.05, 4.69) is 22.0 Å². The lowest BCUT2D eigenvalue weighted by molar-refractivity contribution is -0.115. The lowest BCUT2D eigenvalue weighted by Crippen LogP contribution is -2.30. The highest BCUT2D eigenvalue weighted by molar-refractivity contribution is 7.99. The van der Waals surface area contributed by atoms with E-state index in [1.807, 2.05) is 18.2 Å². The molecule has 0 spiro atoms. The molecule has 0 radical (unpaired) electrons. The molecule has 3 rings (SSSR count). The van der Waals surface area contributed by atoms with Gasteiger partial charge in [0.05, 0.1) is 6.04 Å². The molecule has 1 aliphatic heterocycles. The van der Waals surface area contributed by atoms with Gasteiger partial charge in [-0.1, -0.05) is 18.2 Å². The van der Waals surface area contributed by atoms with Crippen LogP contribution in [0.1, 0.15) is 42.2 Å². The second-order valence-corrected chi connectivity index (χ2v) is 7.50. The van der Waals surface area contributed by atoms with E-state index in [0.29, 0.717) is 16.9 Å². The molecule has 1 unspecified atom stereocenters. The predicted octanol–water partition coefficient (Wildman–Crippen LogP) is 3.57. The lowest BCUT2D eigenvalue weighted by atomic mass is 10.0. The first kappa shape index (κ1) is 19.0. The minimum atomic E-state index is -0.250. The fraction of sp³-hybridized carbons (Fsp3) is 0.250. The third-order valence-electron chi connectivity index (χ3n) is 4.10. The van der Waals surface area contributed by atoms with Crippen molar-refractivity contribution in [2.45, 2.75) is 31.2 Å². The van der Waals surface area contributed by atoms with E-state index in [9.17, 15) is 14.4 Å². The first-order valence-corrected chi connectivity index (χ1v) is 9.64. The van der Waals surface area contributed by atoms with Crippen LogP contribution < -0.4 is 16.0 Å². The summed E-state index contributed by atoms with van der Waals surface area (Å²) in [6, 6.07) is 12.8. The molecule has 0 saturated heterocycles. The topological polar surface area (TPSA) is 87.3 Å². The number of amides is 3. The number of thioether (sulfide) groups is 1. The van der Waals surface area contributed by atoms with Crippen molar-refractivity contribution < 1.29 is 14.4 Å². The van der Waals surface area contributed by atoms with Gasteiger partial charge >= 0.3 is 0 Å². The molecule has 3 N–H and O–H groups in total. The Hall–Kier alpha value is -2.80. The summed E-state index contributed by atoms with van der Waals surface area (Å²) in [7, 11) is 0. The summed E-state index contributed by atoms with van der Waals surface area (Å²) in [5.74, 6) is 0.185. The summed E-state index contributed by atoms with van der Waals surface area (Å²) in [4.78, 5) is 36.8. The maximum Gasteiger partial charge on any atom is 0.251 e. The smallest absolute Gasteiger partial charge is 0.251 e. The molecule has 140 valence electrons. The van der Waals surface area contributed by atoms with Crippen molar-refractivity contribution in [3.05, 3.63) is 53.6 Å². The number of anilines is 2. The van der Waals surface area contributed by atoms with Crippen molar-refractivity contribution in [2.24, 2.45) is 0 Å². The maximum absolute atomic E-state index is 12.9. The summed E-state index contributed by atoms with van der Waals surface area (Å²) >= 11 is 1.79. The Morgan fingerprint density at radius 1 is 0.963 bits per heavy atom. The van der Waals surface area contributed by atoms with Gasteiger partial charge in [0, 0.05) is 41.4 Å². The fourth-order valence-electron chi connectivity index (χ4n) is 3.04. The van der Waals surface area contributed by atoms with Crippen LogP contribution in [0.25, 0.3) is 0 Å². The highest BCUT2D eigenvalue weighted by Crippen LogP contribution is 2.36. The molecule has 0 aliphatic carbocycles. The number of carbonyl (C=O) groups is 3. The Kier molecular flexibility index (Phi) is 5.81. The summed E-state index contributed by atoms with van der Waals surface area (Å²) in [6.07, 6.45) is 0.845. The number of hydrogen-bond donors (Lipinski definition) is 3. The second-order valence-electron chi connectivity index (χ2n) is 6.36. The van der Waals surface area contributed by atoms with E-state index < -0.39 is 0 Å². The van der Waals surface area contributed by atoms with Gasteiger partial charge in [-0.05, 0) is 36.2 Å². The van der Waals surface area contributed by atoms with Gasteiger partial charge in [-0.15, -0.1) is 11.8 Å². The molecule has 0 saturated carbocycles. The monoisotopic (exact) mass is 383 g/mol. The first-order chi connectivity index (χ1) is 12.9. The van der Waals surface area contributed by atoms with Crippen molar-refractivity contribution in [1.29, 1.82) is 0 Å². The third-order valence-corrected chi connectivity index (χ3v) is 5.22. The zero-order valence-corrected chi connectivity index (χ0v) is 16.0. The summed E-state index contributed by atoms with van der Waals surface area (Å²) < 4.78 is 0. The molecule has 2 aromatic rings. The van der Waals surface area contributed by atoms with Crippen LogP contribution in [-0.2, 0) is 9.59 Å². The van der Waals surface area contributed by atoms with Gasteiger partial charge in [0.25, 0.3) is 5.91 Å². The van der Waals surface area contributed by atoms with Crippen molar-refractivity contribution in [3.8, 4) is 0 Å². The van der Waals surface area contributed by atoms with Crippen LogP contribution in [0, 0.1) is 0 Å². The molecule has 7 heteroatoms. The molecule has 1 heterocycles. The van der Waals surface area contributed by atoms with Gasteiger partial charge in [0.15, 0.2) is 0 Å². The van der Waals surface area contributed by atoms with Gasteiger partial charge in [-0.2, -0.15) is 0 Å². The normalized spacial score (nSPS) is 15.4. The Balaban J connectivity index is 1.85. The summed E-state index contributed by atoms with van der Waals surface area (Å²) in [6.45, 7) is 2.78. The second kappa shape index (κ2) is 8.26. The molecule has 0 bridgehead atoms. The van der Waals surface area contributed by atoms with Crippen LogP contribution in [-0.4, -0.2) is 23.5 Å². The zero-order chi connectivity index (χ0) is 19.4. The molecule has 2 aromatic carbocycles. The zero-order valence-electron chi connectivity index (χ0n) is 15.2. The van der Waals surface area contributed by atoms with E-state index in [1.165, 1.54) is 18.7 Å². The molecular weight excluding hydrogens is 362 g/mol. The highest BCUT2D eigenvalue weighted by Gasteiger charge is 2.22. The molecule has 0 fully saturated rings. The Bertz CT molecular complexity index is 864. The summed E-state index contributed by atoms with van der Waals surface area (Å²) in [5.41, 5.74) is 2.40. The minimum Gasteiger partial charge on any atom is -0.345 e. The van der Waals surface area contributed by atoms with E-state index in [4.69, 9.17) is 0 Å². The standard InChI is InChI=1S/C20H21N3O3S/c1-12(24)21-15-9-14(10-16(11-15)22-13(2)25)20(26)23-18-7-8-27-19-6-4-3-5-17(18)19/h3-6,9-11,18H,7-8H2,1-2H3,(H,21,24)(H,22,25)(H,23,26). The molecule has 3 amide bonds. The van der Waals surface area contributed by atoms with Crippen LogP contribution >= 0.6 is 11.8 Å². The Morgan fingerprint density at radius 2 is 1.59 bits per heavy atom. The molecule has 6 nitrogen and oxygen atoms in total. The molecule has 27 heavy (non-hydrogen) atoms. The van der Waals surface area contributed by atoms with E-state index in [0.717, 1.165) is 17.7 Å². The number of carbonyl (C=O) groups excluding carboxylic acids is 3. The Morgan fingerprint density at radius 3 is 2.22 bits per heavy atom. The van der Waals surface area contributed by atoms with Crippen LogP contribution in [0.4, 0.5) is 11.4 Å². The van der Waals surface area contributed by atoms with Gasteiger partial charge < -0.3 is 16.0 Å². The van der Waals surface area contributed by atoms with Crippen LogP contribution in [0.5, 0.6) is 0 Å². The SMILES string of the molecule is CC(=O)Nc1cc(NC(C)=O)cc(C(=O)NC2CCSc3ccccc32)c1. The highest BCUT2D eigenvalue weighted by atomic mass is 32.2. The molecule has 0 aromatic heterocycles. The first-order valence-electron chi connectivity index (χ1n) is 8.65. The van der Waals surface area contributed by atoms with Crippen molar-refractivity contribution in [3.63, 3.8) is 0 Å². The van der Waals surface area contributed by atoms with E-state index in [-0.39, 0.29) is 23.8 Å². The largest absolute Gasteiger partial charge is 0.345 e. The van der Waals surface area contributed by atoms with Crippen LogP contribution in [0.3, 0.4) is 0 Å². The van der Waals surface area contributed by atoms with Crippen molar-refractivity contribution in [1.82, 2.24) is 5.32 Å². The maximum atomic E-state index is 12.9. The fourth-order valence-corrected chi connectivity index (χ4v) is 4.17. The third kappa shape index (κ3) is 4.89. The van der Waals surface area contributed by atoms with Gasteiger partial charge in [0.1, 0.15) is 0 Å². The predicted molar refractivity (Wildman–Crippen MR) is 107 cm³/mol. The number of hydrogen-bond acceptors (Lipinski definition) is 4. The number of benzene rings is 2. The van der Waals surface area contributed by atoms with Gasteiger partial charge in [0.2, 0.25) is 11.8 Å². The van der Waals surface area contributed by atoms with Crippen LogP contribution in [0.15, 0.2) is 47.4 Å².